The number of nitrogens with one attached hydrogen (secondary N) is 2. The van der Waals surface area contributed by atoms with Crippen molar-refractivity contribution in [1.29, 1.82) is 0 Å². The molecule has 21 heavy (non-hydrogen) atoms. The van der Waals surface area contributed by atoms with E-state index in [1.54, 1.807) is 10.6 Å². The van der Waals surface area contributed by atoms with Crippen LogP contribution in [-0.4, -0.2) is 36.2 Å². The van der Waals surface area contributed by atoms with Gasteiger partial charge in [0.25, 0.3) is 0 Å². The lowest BCUT2D eigenvalue weighted by Crippen LogP contribution is -3.07. The lowest BCUT2D eigenvalue weighted by atomic mass is 9.93. The van der Waals surface area contributed by atoms with Crippen molar-refractivity contribution in [3.05, 3.63) is 34.2 Å². The van der Waals surface area contributed by atoms with Crippen LogP contribution in [0.4, 0.5) is 0 Å². The highest BCUT2D eigenvalue weighted by Gasteiger charge is 2.24. The average Bonchev–Trinajstić information content (AvgIpc) is 2.63. The summed E-state index contributed by atoms with van der Waals surface area (Å²) < 4.78 is 1.66. The van der Waals surface area contributed by atoms with E-state index in [1.165, 1.54) is 17.0 Å². The standard InChI is InChI=1S/C15H21N3O3/c1-15(2,8-17(3)4)9-18-12-6-5-10(13(19)20)7-11(12)16-14(18)21/h5-7H,8-9H2,1-4H3,(H,16,21)(H,19,20). The van der Waals surface area contributed by atoms with E-state index in [4.69, 9.17) is 0 Å². The van der Waals surface area contributed by atoms with E-state index in [2.05, 4.69) is 32.9 Å². The number of aromatic nitrogens is 2. The monoisotopic (exact) mass is 291 g/mol. The van der Waals surface area contributed by atoms with Gasteiger partial charge in [0.2, 0.25) is 0 Å². The lowest BCUT2D eigenvalue weighted by Gasteiger charge is -2.26. The Labute approximate surface area is 123 Å². The van der Waals surface area contributed by atoms with Crippen molar-refractivity contribution in [3.63, 3.8) is 0 Å². The molecule has 0 amide bonds. The number of fused-ring (bicyclic) bond motifs is 1. The quantitative estimate of drug-likeness (QED) is 0.731. The molecule has 0 saturated carbocycles. The summed E-state index contributed by atoms with van der Waals surface area (Å²) in [4.78, 5) is 27.0. The second-order valence-corrected chi connectivity index (χ2v) is 6.58. The third kappa shape index (κ3) is 3.33. The first-order valence-electron chi connectivity index (χ1n) is 6.92. The maximum absolute atomic E-state index is 12.1. The number of imidazole rings is 1. The van der Waals surface area contributed by atoms with Crippen molar-refractivity contribution in [3.8, 4) is 0 Å². The van der Waals surface area contributed by atoms with Crippen LogP contribution in [0.1, 0.15) is 24.2 Å². The summed E-state index contributed by atoms with van der Waals surface area (Å²) >= 11 is 0. The Morgan fingerprint density at radius 3 is 2.62 bits per heavy atom. The number of carbonyl (C=O) groups excluding carboxylic acids is 1. The number of H-pyrrole nitrogens is 1. The Bertz CT molecular complexity index is 725. The molecule has 0 fully saturated rings. The van der Waals surface area contributed by atoms with Crippen molar-refractivity contribution in [2.75, 3.05) is 20.6 Å². The molecular formula is C15H21N3O3. The number of hydrogen-bond acceptors (Lipinski definition) is 3. The van der Waals surface area contributed by atoms with E-state index in [9.17, 15) is 14.7 Å². The molecule has 0 saturated heterocycles. The summed E-state index contributed by atoms with van der Waals surface area (Å²) in [6, 6.07) is 4.55. The largest absolute Gasteiger partial charge is 0.545 e. The van der Waals surface area contributed by atoms with Crippen LogP contribution in [0, 0.1) is 5.41 Å². The maximum Gasteiger partial charge on any atom is 0.326 e. The molecule has 0 aliphatic heterocycles. The number of aromatic amines is 1. The van der Waals surface area contributed by atoms with Crippen molar-refractivity contribution in [2.24, 2.45) is 5.41 Å². The zero-order valence-corrected chi connectivity index (χ0v) is 12.8. The first-order valence-corrected chi connectivity index (χ1v) is 6.92. The fourth-order valence-corrected chi connectivity index (χ4v) is 2.89. The molecule has 2 aromatic rings. The molecule has 0 aliphatic carbocycles. The minimum atomic E-state index is -1.25. The van der Waals surface area contributed by atoms with Gasteiger partial charge in [0.15, 0.2) is 0 Å². The lowest BCUT2D eigenvalue weighted by molar-refractivity contribution is -0.865. The molecule has 2 N–H and O–H groups in total. The number of benzene rings is 1. The van der Waals surface area contributed by atoms with Crippen LogP contribution >= 0.6 is 0 Å². The van der Waals surface area contributed by atoms with Gasteiger partial charge in [-0.3, -0.25) is 4.57 Å². The van der Waals surface area contributed by atoms with Crippen LogP contribution in [-0.2, 0) is 6.54 Å². The Hall–Kier alpha value is -2.08. The Morgan fingerprint density at radius 1 is 1.38 bits per heavy atom. The van der Waals surface area contributed by atoms with Gasteiger partial charge < -0.3 is 19.8 Å². The van der Waals surface area contributed by atoms with Crippen LogP contribution in [0.25, 0.3) is 11.0 Å². The third-order valence-corrected chi connectivity index (χ3v) is 3.43. The number of carboxylic acid groups (broad SMARTS) is 1. The van der Waals surface area contributed by atoms with Gasteiger partial charge >= 0.3 is 5.69 Å². The Balaban J connectivity index is 2.43. The summed E-state index contributed by atoms with van der Waals surface area (Å²) in [6.45, 7) is 5.71. The van der Waals surface area contributed by atoms with Crippen molar-refractivity contribution < 1.29 is 14.8 Å². The first kappa shape index (κ1) is 15.3. The van der Waals surface area contributed by atoms with Gasteiger partial charge in [-0.05, 0) is 17.7 Å². The zero-order chi connectivity index (χ0) is 15.8. The molecule has 114 valence electrons. The highest BCUT2D eigenvalue weighted by atomic mass is 16.4. The normalized spacial score (nSPS) is 12.2. The molecule has 0 radical (unpaired) electrons. The molecule has 6 heteroatoms. The molecule has 0 atom stereocenters. The number of hydrogen-bond donors (Lipinski definition) is 2. The maximum atomic E-state index is 12.1. The van der Waals surface area contributed by atoms with Crippen LogP contribution in [0.2, 0.25) is 0 Å². The number of aromatic carboxylic acids is 1. The van der Waals surface area contributed by atoms with E-state index in [0.717, 1.165) is 6.54 Å². The summed E-state index contributed by atoms with van der Waals surface area (Å²) in [5.41, 5.74) is 1.03. The first-order chi connectivity index (χ1) is 9.69. The molecule has 6 nitrogen and oxygen atoms in total. The molecule has 2 rings (SSSR count). The van der Waals surface area contributed by atoms with Crippen LogP contribution < -0.4 is 15.7 Å². The van der Waals surface area contributed by atoms with Crippen LogP contribution in [0.15, 0.2) is 23.0 Å². The Kier molecular flexibility index (Phi) is 3.91. The molecule has 1 heterocycles. The highest BCUT2D eigenvalue weighted by molar-refractivity contribution is 5.91. The smallest absolute Gasteiger partial charge is 0.326 e. The van der Waals surface area contributed by atoms with Gasteiger partial charge in [0.1, 0.15) is 0 Å². The van der Waals surface area contributed by atoms with Gasteiger partial charge in [-0.2, -0.15) is 0 Å². The fourth-order valence-electron chi connectivity index (χ4n) is 2.89. The predicted octanol–water partition coefficient (Wildman–Crippen LogP) is -1.14. The van der Waals surface area contributed by atoms with Gasteiger partial charge in [-0.25, -0.2) is 4.79 Å². The minimum absolute atomic E-state index is 0.0508. The van der Waals surface area contributed by atoms with Crippen LogP contribution in [0.3, 0.4) is 0 Å². The SMILES string of the molecule is C[NH+](C)CC(C)(C)Cn1c(=O)[nH]c2cc(C(=O)[O-])ccc21. The summed E-state index contributed by atoms with van der Waals surface area (Å²) in [5, 5.41) is 10.9. The predicted molar refractivity (Wildman–Crippen MR) is 78.3 cm³/mol. The second kappa shape index (κ2) is 5.37. The summed E-state index contributed by atoms with van der Waals surface area (Å²) in [6.07, 6.45) is 0. The zero-order valence-electron chi connectivity index (χ0n) is 12.8. The van der Waals surface area contributed by atoms with Crippen molar-refractivity contribution in [2.45, 2.75) is 20.4 Å². The fraction of sp³-hybridized carbons (Fsp3) is 0.467. The Morgan fingerprint density at radius 2 is 2.05 bits per heavy atom. The number of carbonyl (C=O) groups is 1. The molecular weight excluding hydrogens is 270 g/mol. The van der Waals surface area contributed by atoms with Crippen LogP contribution in [0.5, 0.6) is 0 Å². The van der Waals surface area contributed by atoms with E-state index in [1.807, 2.05) is 0 Å². The summed E-state index contributed by atoms with van der Waals surface area (Å²) in [7, 11) is 4.15. The molecule has 1 aromatic carbocycles. The van der Waals surface area contributed by atoms with E-state index in [0.29, 0.717) is 17.6 Å². The number of carboxylic acids is 1. The van der Waals surface area contributed by atoms with Crippen molar-refractivity contribution >= 4 is 17.0 Å². The van der Waals surface area contributed by atoms with E-state index >= 15 is 0 Å². The molecule has 0 bridgehead atoms. The van der Waals surface area contributed by atoms with E-state index < -0.39 is 5.97 Å². The topological polar surface area (TPSA) is 82.4 Å². The molecule has 0 unspecified atom stereocenters. The van der Waals surface area contributed by atoms with Gasteiger partial charge in [-0.1, -0.05) is 19.9 Å². The molecule has 1 aromatic heterocycles. The minimum Gasteiger partial charge on any atom is -0.545 e. The molecule has 0 aliphatic rings. The van der Waals surface area contributed by atoms with Gasteiger partial charge in [0.05, 0.1) is 37.6 Å². The number of quaternary nitrogens is 1. The highest BCUT2D eigenvalue weighted by Crippen LogP contribution is 2.19. The third-order valence-electron chi connectivity index (χ3n) is 3.43. The summed E-state index contributed by atoms with van der Waals surface area (Å²) in [5.74, 6) is -1.25. The second-order valence-electron chi connectivity index (χ2n) is 6.58. The van der Waals surface area contributed by atoms with E-state index in [-0.39, 0.29) is 16.7 Å². The van der Waals surface area contributed by atoms with Crippen molar-refractivity contribution in [1.82, 2.24) is 9.55 Å². The molecule has 0 spiro atoms. The van der Waals surface area contributed by atoms with Gasteiger partial charge in [-0.15, -0.1) is 0 Å². The van der Waals surface area contributed by atoms with Gasteiger partial charge in [0, 0.05) is 12.0 Å². The number of nitrogens with zero attached hydrogens (tertiary/aromatic N) is 1. The average molecular weight is 291 g/mol. The number of rotatable bonds is 5.